The van der Waals surface area contributed by atoms with Crippen LogP contribution in [0.4, 0.5) is 5.82 Å². The average Bonchev–Trinajstić information content (AvgIpc) is 2.72. The molecule has 1 saturated carbocycles. The van der Waals surface area contributed by atoms with Crippen LogP contribution in [0.3, 0.4) is 0 Å². The summed E-state index contributed by atoms with van der Waals surface area (Å²) in [5.41, 5.74) is 0.295. The van der Waals surface area contributed by atoms with Crippen LogP contribution in [0, 0.1) is 0 Å². The highest BCUT2D eigenvalue weighted by Gasteiger charge is 2.35. The Labute approximate surface area is 98.9 Å². The summed E-state index contributed by atoms with van der Waals surface area (Å²) in [6.07, 6.45) is 6.68. The zero-order valence-corrected chi connectivity index (χ0v) is 10.2. The molecular weight excluding hydrogens is 218 g/mol. The lowest BCUT2D eigenvalue weighted by atomic mass is 9.75. The number of aromatic nitrogens is 2. The molecule has 2 aromatic heterocycles. The first kappa shape index (κ1) is 10.0. The predicted octanol–water partition coefficient (Wildman–Crippen LogP) is 3.44. The molecular formula is C12H15N3S. The van der Waals surface area contributed by atoms with Crippen molar-refractivity contribution in [3.05, 3.63) is 17.8 Å². The zero-order valence-electron chi connectivity index (χ0n) is 9.36. The standard InChI is InChI=1S/C12H15N3S/c1-2-12(5-3-6-12)15-10-9-4-7-16-11(9)14-8-13-10/h4,7-8H,2-3,5-6H2,1H3,(H,13,14,15). The summed E-state index contributed by atoms with van der Waals surface area (Å²) in [6.45, 7) is 2.25. The maximum absolute atomic E-state index is 4.38. The highest BCUT2D eigenvalue weighted by Crippen LogP contribution is 2.39. The van der Waals surface area contributed by atoms with E-state index < -0.39 is 0 Å². The van der Waals surface area contributed by atoms with Crippen LogP contribution in [0.2, 0.25) is 0 Å². The summed E-state index contributed by atoms with van der Waals surface area (Å²) in [6, 6.07) is 2.10. The Morgan fingerprint density at radius 2 is 2.31 bits per heavy atom. The first-order chi connectivity index (χ1) is 7.83. The van der Waals surface area contributed by atoms with Gasteiger partial charge in [-0.05, 0) is 37.1 Å². The van der Waals surface area contributed by atoms with E-state index in [4.69, 9.17) is 0 Å². The number of anilines is 1. The second-order valence-corrected chi connectivity index (χ2v) is 5.37. The largest absolute Gasteiger partial charge is 0.364 e. The van der Waals surface area contributed by atoms with Crippen LogP contribution in [0.1, 0.15) is 32.6 Å². The van der Waals surface area contributed by atoms with Gasteiger partial charge in [-0.3, -0.25) is 0 Å². The molecule has 84 valence electrons. The van der Waals surface area contributed by atoms with E-state index in [1.807, 2.05) is 0 Å². The fourth-order valence-electron chi connectivity index (χ4n) is 2.31. The van der Waals surface area contributed by atoms with Crippen molar-refractivity contribution >= 4 is 27.4 Å². The molecule has 1 aliphatic rings. The normalized spacial score (nSPS) is 18.3. The molecule has 0 spiro atoms. The lowest BCUT2D eigenvalue weighted by Gasteiger charge is -2.42. The number of hydrogen-bond acceptors (Lipinski definition) is 4. The highest BCUT2D eigenvalue weighted by atomic mass is 32.1. The molecule has 2 heterocycles. The van der Waals surface area contributed by atoms with Crippen molar-refractivity contribution in [2.75, 3.05) is 5.32 Å². The fraction of sp³-hybridized carbons (Fsp3) is 0.500. The topological polar surface area (TPSA) is 37.8 Å². The molecule has 3 rings (SSSR count). The maximum atomic E-state index is 4.38. The fourth-order valence-corrected chi connectivity index (χ4v) is 3.04. The quantitative estimate of drug-likeness (QED) is 0.882. The molecule has 0 unspecified atom stereocenters. The van der Waals surface area contributed by atoms with Crippen LogP contribution >= 0.6 is 11.3 Å². The Morgan fingerprint density at radius 1 is 1.44 bits per heavy atom. The molecule has 0 aliphatic heterocycles. The number of fused-ring (bicyclic) bond motifs is 1. The second-order valence-electron chi connectivity index (χ2n) is 4.47. The molecule has 1 aliphatic carbocycles. The number of nitrogens with one attached hydrogen (secondary N) is 1. The number of nitrogens with zero attached hydrogens (tertiary/aromatic N) is 2. The van der Waals surface area contributed by atoms with Crippen molar-refractivity contribution in [1.82, 2.24) is 9.97 Å². The Kier molecular flexibility index (Phi) is 2.32. The van der Waals surface area contributed by atoms with E-state index in [1.165, 1.54) is 25.7 Å². The highest BCUT2D eigenvalue weighted by molar-refractivity contribution is 7.16. The van der Waals surface area contributed by atoms with Crippen LogP contribution in [0.15, 0.2) is 17.8 Å². The summed E-state index contributed by atoms with van der Waals surface area (Å²) in [4.78, 5) is 9.72. The summed E-state index contributed by atoms with van der Waals surface area (Å²) in [7, 11) is 0. The van der Waals surface area contributed by atoms with Crippen LogP contribution in [0.5, 0.6) is 0 Å². The molecule has 0 radical (unpaired) electrons. The molecule has 0 aromatic carbocycles. The smallest absolute Gasteiger partial charge is 0.138 e. The van der Waals surface area contributed by atoms with E-state index in [-0.39, 0.29) is 0 Å². The van der Waals surface area contributed by atoms with E-state index in [0.717, 1.165) is 16.0 Å². The summed E-state index contributed by atoms with van der Waals surface area (Å²) in [5, 5.41) is 6.86. The molecule has 2 aromatic rings. The van der Waals surface area contributed by atoms with Crippen LogP contribution < -0.4 is 5.32 Å². The monoisotopic (exact) mass is 233 g/mol. The van der Waals surface area contributed by atoms with Crippen LogP contribution in [-0.4, -0.2) is 15.5 Å². The number of hydrogen-bond donors (Lipinski definition) is 1. The summed E-state index contributed by atoms with van der Waals surface area (Å²) < 4.78 is 0. The van der Waals surface area contributed by atoms with Gasteiger partial charge in [0.05, 0.1) is 5.39 Å². The average molecular weight is 233 g/mol. The van der Waals surface area contributed by atoms with Gasteiger partial charge in [0, 0.05) is 5.54 Å². The summed E-state index contributed by atoms with van der Waals surface area (Å²) in [5.74, 6) is 1.01. The Balaban J connectivity index is 1.96. The lowest BCUT2D eigenvalue weighted by Crippen LogP contribution is -2.44. The SMILES string of the molecule is CCC1(Nc2ncnc3sccc23)CCC1. The van der Waals surface area contributed by atoms with Crippen LogP contribution in [-0.2, 0) is 0 Å². The van der Waals surface area contributed by atoms with E-state index in [0.29, 0.717) is 5.54 Å². The van der Waals surface area contributed by atoms with Gasteiger partial charge in [-0.15, -0.1) is 11.3 Å². The molecule has 1 fully saturated rings. The Hall–Kier alpha value is -1.16. The van der Waals surface area contributed by atoms with Crippen molar-refractivity contribution in [3.8, 4) is 0 Å². The van der Waals surface area contributed by atoms with Gasteiger partial charge in [0.25, 0.3) is 0 Å². The Morgan fingerprint density at radius 3 is 3.00 bits per heavy atom. The van der Waals surface area contributed by atoms with Gasteiger partial charge in [-0.2, -0.15) is 0 Å². The predicted molar refractivity (Wildman–Crippen MR) is 67.9 cm³/mol. The van der Waals surface area contributed by atoms with E-state index >= 15 is 0 Å². The van der Waals surface area contributed by atoms with E-state index in [2.05, 4.69) is 33.7 Å². The molecule has 3 nitrogen and oxygen atoms in total. The van der Waals surface area contributed by atoms with Crippen molar-refractivity contribution in [2.45, 2.75) is 38.1 Å². The lowest BCUT2D eigenvalue weighted by molar-refractivity contribution is 0.269. The van der Waals surface area contributed by atoms with Crippen molar-refractivity contribution in [2.24, 2.45) is 0 Å². The summed E-state index contributed by atoms with van der Waals surface area (Å²) >= 11 is 1.67. The Bertz CT molecular complexity index is 496. The van der Waals surface area contributed by atoms with Crippen molar-refractivity contribution in [1.29, 1.82) is 0 Å². The van der Waals surface area contributed by atoms with Crippen LogP contribution in [0.25, 0.3) is 10.2 Å². The third-order valence-corrected chi connectivity index (χ3v) is 4.45. The van der Waals surface area contributed by atoms with Gasteiger partial charge in [-0.1, -0.05) is 6.92 Å². The third kappa shape index (κ3) is 1.48. The minimum atomic E-state index is 0.295. The maximum Gasteiger partial charge on any atom is 0.138 e. The van der Waals surface area contributed by atoms with Gasteiger partial charge in [0.15, 0.2) is 0 Å². The first-order valence-electron chi connectivity index (χ1n) is 5.79. The minimum absolute atomic E-state index is 0.295. The molecule has 0 saturated heterocycles. The molecule has 0 amide bonds. The molecule has 16 heavy (non-hydrogen) atoms. The third-order valence-electron chi connectivity index (χ3n) is 3.63. The van der Waals surface area contributed by atoms with Gasteiger partial charge >= 0.3 is 0 Å². The molecule has 0 atom stereocenters. The van der Waals surface area contributed by atoms with Gasteiger partial charge in [-0.25, -0.2) is 9.97 Å². The minimum Gasteiger partial charge on any atom is -0.364 e. The van der Waals surface area contributed by atoms with Gasteiger partial charge in [0.2, 0.25) is 0 Å². The molecule has 0 bridgehead atoms. The van der Waals surface area contributed by atoms with E-state index in [9.17, 15) is 0 Å². The zero-order chi connectivity index (χ0) is 11.0. The van der Waals surface area contributed by atoms with Gasteiger partial charge in [0.1, 0.15) is 17.0 Å². The van der Waals surface area contributed by atoms with Gasteiger partial charge < -0.3 is 5.32 Å². The number of thiophene rings is 1. The first-order valence-corrected chi connectivity index (χ1v) is 6.67. The second kappa shape index (κ2) is 3.70. The van der Waals surface area contributed by atoms with Crippen molar-refractivity contribution in [3.63, 3.8) is 0 Å². The van der Waals surface area contributed by atoms with Crippen molar-refractivity contribution < 1.29 is 0 Å². The molecule has 1 N–H and O–H groups in total. The molecule has 4 heteroatoms. The van der Waals surface area contributed by atoms with E-state index in [1.54, 1.807) is 17.7 Å². The number of rotatable bonds is 3.